The fourth-order valence-corrected chi connectivity index (χ4v) is 3.52. The molecule has 0 aromatic heterocycles. The second kappa shape index (κ2) is 5.68. The van der Waals surface area contributed by atoms with Crippen LogP contribution in [0.4, 0.5) is 0 Å². The van der Waals surface area contributed by atoms with E-state index in [1.165, 1.54) is 25.7 Å². The van der Waals surface area contributed by atoms with Gasteiger partial charge in [0.05, 0.1) is 19.3 Å². The molecule has 1 aliphatic carbocycles. The minimum absolute atomic E-state index is 0.0635. The van der Waals surface area contributed by atoms with Crippen molar-refractivity contribution in [2.24, 2.45) is 5.92 Å². The number of ether oxygens (including phenoxy) is 1. The Hall–Kier alpha value is -0.120. The molecule has 1 aliphatic heterocycles. The minimum Gasteiger partial charge on any atom is -0.391 e. The van der Waals surface area contributed by atoms with Crippen molar-refractivity contribution in [2.45, 2.75) is 57.6 Å². The van der Waals surface area contributed by atoms with E-state index >= 15 is 0 Å². The summed E-state index contributed by atoms with van der Waals surface area (Å²) in [6.07, 6.45) is 5.64. The van der Waals surface area contributed by atoms with Crippen LogP contribution in [0.25, 0.3) is 0 Å². The molecule has 0 spiro atoms. The molecule has 3 heteroatoms. The van der Waals surface area contributed by atoms with E-state index in [2.05, 4.69) is 18.7 Å². The molecule has 1 N–H and O–H groups in total. The maximum Gasteiger partial charge on any atom is 0.0726 e. The van der Waals surface area contributed by atoms with Gasteiger partial charge in [0, 0.05) is 18.6 Å². The summed E-state index contributed by atoms with van der Waals surface area (Å²) in [6.45, 7) is 8.05. The van der Waals surface area contributed by atoms with Gasteiger partial charge in [0.2, 0.25) is 0 Å². The monoisotopic (exact) mass is 241 g/mol. The van der Waals surface area contributed by atoms with E-state index in [1.807, 2.05) is 0 Å². The van der Waals surface area contributed by atoms with Crippen molar-refractivity contribution < 1.29 is 9.84 Å². The number of aliphatic hydroxyl groups is 1. The molecule has 1 atom stereocenters. The van der Waals surface area contributed by atoms with Gasteiger partial charge in [-0.3, -0.25) is 4.90 Å². The van der Waals surface area contributed by atoms with E-state index in [4.69, 9.17) is 4.74 Å². The molecule has 100 valence electrons. The third-order valence-electron chi connectivity index (χ3n) is 4.43. The van der Waals surface area contributed by atoms with Crippen LogP contribution in [-0.2, 0) is 4.74 Å². The summed E-state index contributed by atoms with van der Waals surface area (Å²) in [6, 6.07) is 0. The van der Waals surface area contributed by atoms with E-state index in [9.17, 15) is 5.11 Å². The third-order valence-corrected chi connectivity index (χ3v) is 4.43. The van der Waals surface area contributed by atoms with Crippen LogP contribution in [0.2, 0.25) is 0 Å². The van der Waals surface area contributed by atoms with Crippen LogP contribution in [0.15, 0.2) is 0 Å². The first kappa shape index (κ1) is 13.3. The van der Waals surface area contributed by atoms with Crippen LogP contribution in [0.1, 0.15) is 46.0 Å². The highest BCUT2D eigenvalue weighted by molar-refractivity contribution is 5.01. The summed E-state index contributed by atoms with van der Waals surface area (Å²) >= 11 is 0. The molecule has 2 fully saturated rings. The van der Waals surface area contributed by atoms with E-state index in [1.54, 1.807) is 0 Å². The number of hydrogen-bond acceptors (Lipinski definition) is 3. The average molecular weight is 241 g/mol. The predicted octanol–water partition coefficient (Wildman–Crippen LogP) is 2.04. The zero-order valence-corrected chi connectivity index (χ0v) is 11.3. The summed E-state index contributed by atoms with van der Waals surface area (Å²) < 4.78 is 5.44. The molecule has 1 saturated carbocycles. The van der Waals surface area contributed by atoms with Crippen molar-refractivity contribution in [3.8, 4) is 0 Å². The first-order valence-electron chi connectivity index (χ1n) is 7.16. The molecule has 1 unspecified atom stereocenters. The Morgan fingerprint density at radius 3 is 2.29 bits per heavy atom. The van der Waals surface area contributed by atoms with Crippen molar-refractivity contribution in [3.63, 3.8) is 0 Å². The van der Waals surface area contributed by atoms with Crippen LogP contribution < -0.4 is 0 Å². The van der Waals surface area contributed by atoms with E-state index in [0.29, 0.717) is 5.92 Å². The first-order chi connectivity index (χ1) is 8.15. The van der Waals surface area contributed by atoms with Crippen molar-refractivity contribution in [2.75, 3.05) is 26.3 Å². The second-order valence-electron chi connectivity index (χ2n) is 6.06. The first-order valence-corrected chi connectivity index (χ1v) is 7.16. The number of morpholine rings is 1. The molecule has 17 heavy (non-hydrogen) atoms. The smallest absolute Gasteiger partial charge is 0.0726 e. The molecule has 0 aromatic rings. The van der Waals surface area contributed by atoms with Gasteiger partial charge in [-0.25, -0.2) is 0 Å². The minimum atomic E-state index is -0.164. The van der Waals surface area contributed by atoms with Gasteiger partial charge < -0.3 is 9.84 Å². The maximum absolute atomic E-state index is 10.6. The largest absolute Gasteiger partial charge is 0.391 e. The zero-order chi connectivity index (χ0) is 12.3. The Labute approximate surface area is 105 Å². The molecular weight excluding hydrogens is 214 g/mol. The van der Waals surface area contributed by atoms with E-state index < -0.39 is 0 Å². The van der Waals surface area contributed by atoms with Gasteiger partial charge in [-0.05, 0) is 25.2 Å². The Kier molecular flexibility index (Phi) is 4.45. The second-order valence-corrected chi connectivity index (χ2v) is 6.06. The topological polar surface area (TPSA) is 32.7 Å². The van der Waals surface area contributed by atoms with Crippen molar-refractivity contribution in [3.05, 3.63) is 0 Å². The number of nitrogens with zero attached hydrogens (tertiary/aromatic N) is 1. The molecule has 2 rings (SSSR count). The molecular formula is C14H27NO2. The molecule has 0 bridgehead atoms. The average Bonchev–Trinajstić information content (AvgIpc) is 2.79. The lowest BCUT2D eigenvalue weighted by molar-refractivity contribution is -0.0809. The molecule has 2 aliphatic rings. The summed E-state index contributed by atoms with van der Waals surface area (Å²) in [7, 11) is 0. The number of rotatable bonds is 4. The predicted molar refractivity (Wildman–Crippen MR) is 69.1 cm³/mol. The zero-order valence-electron chi connectivity index (χ0n) is 11.3. The lowest BCUT2D eigenvalue weighted by Crippen LogP contribution is -2.58. The quantitative estimate of drug-likeness (QED) is 0.817. The SMILES string of the molecule is CC(C)CC(O)C1(N2CCOCC2)CCCC1. The standard InChI is InChI=1S/C14H27NO2/c1-12(2)11-13(16)14(5-3-4-6-14)15-7-9-17-10-8-15/h12-13,16H,3-11H2,1-2H3. The summed E-state index contributed by atoms with van der Waals surface area (Å²) in [5, 5.41) is 10.6. The fraction of sp³-hybridized carbons (Fsp3) is 1.00. The number of aliphatic hydroxyl groups excluding tert-OH is 1. The van der Waals surface area contributed by atoms with Gasteiger partial charge in [-0.1, -0.05) is 26.7 Å². The van der Waals surface area contributed by atoms with Crippen molar-refractivity contribution >= 4 is 0 Å². The Morgan fingerprint density at radius 2 is 1.76 bits per heavy atom. The Morgan fingerprint density at radius 1 is 1.18 bits per heavy atom. The van der Waals surface area contributed by atoms with Crippen molar-refractivity contribution in [1.29, 1.82) is 0 Å². The summed E-state index contributed by atoms with van der Waals surface area (Å²) in [4.78, 5) is 2.51. The van der Waals surface area contributed by atoms with E-state index in [0.717, 1.165) is 32.7 Å². The van der Waals surface area contributed by atoms with Gasteiger partial charge in [0.25, 0.3) is 0 Å². The maximum atomic E-state index is 10.6. The lowest BCUT2D eigenvalue weighted by atomic mass is 9.83. The molecule has 1 heterocycles. The van der Waals surface area contributed by atoms with Gasteiger partial charge in [-0.15, -0.1) is 0 Å². The van der Waals surface area contributed by atoms with Crippen LogP contribution in [-0.4, -0.2) is 48.0 Å². The van der Waals surface area contributed by atoms with Gasteiger partial charge in [0.15, 0.2) is 0 Å². The molecule has 0 aromatic carbocycles. The molecule has 0 radical (unpaired) electrons. The number of hydrogen-bond donors (Lipinski definition) is 1. The summed E-state index contributed by atoms with van der Waals surface area (Å²) in [5.74, 6) is 0.573. The third kappa shape index (κ3) is 2.83. The van der Waals surface area contributed by atoms with Crippen LogP contribution in [0, 0.1) is 5.92 Å². The summed E-state index contributed by atoms with van der Waals surface area (Å²) in [5.41, 5.74) is 0.0635. The van der Waals surface area contributed by atoms with Crippen LogP contribution in [0.5, 0.6) is 0 Å². The fourth-order valence-electron chi connectivity index (χ4n) is 3.52. The van der Waals surface area contributed by atoms with Crippen molar-refractivity contribution in [1.82, 2.24) is 4.90 Å². The highest BCUT2D eigenvalue weighted by Crippen LogP contribution is 2.40. The van der Waals surface area contributed by atoms with Crippen LogP contribution >= 0.6 is 0 Å². The van der Waals surface area contributed by atoms with Crippen LogP contribution in [0.3, 0.4) is 0 Å². The van der Waals surface area contributed by atoms with Gasteiger partial charge >= 0.3 is 0 Å². The van der Waals surface area contributed by atoms with Gasteiger partial charge in [-0.2, -0.15) is 0 Å². The lowest BCUT2D eigenvalue weighted by Gasteiger charge is -2.46. The highest BCUT2D eigenvalue weighted by atomic mass is 16.5. The normalized spacial score (nSPS) is 27.5. The molecule has 3 nitrogen and oxygen atoms in total. The molecule has 0 amide bonds. The van der Waals surface area contributed by atoms with Gasteiger partial charge in [0.1, 0.15) is 0 Å². The Bertz CT molecular complexity index is 230. The Balaban J connectivity index is 2.07. The molecule has 1 saturated heterocycles. The van der Waals surface area contributed by atoms with E-state index in [-0.39, 0.29) is 11.6 Å². The highest BCUT2D eigenvalue weighted by Gasteiger charge is 2.45.